The zero-order valence-corrected chi connectivity index (χ0v) is 15.2. The Kier molecular flexibility index (Phi) is 6.08. The molecule has 1 aromatic carbocycles. The molecule has 26 heavy (non-hydrogen) atoms. The maximum atomic E-state index is 13.0. The largest absolute Gasteiger partial charge is 0.354 e. The van der Waals surface area contributed by atoms with Crippen LogP contribution in [0.1, 0.15) is 37.7 Å². The van der Waals surface area contributed by atoms with E-state index >= 15 is 0 Å². The molecule has 1 N–H and O–H groups in total. The summed E-state index contributed by atoms with van der Waals surface area (Å²) in [6, 6.07) is 5.70. The van der Waals surface area contributed by atoms with E-state index in [1.807, 2.05) is 0 Å². The van der Waals surface area contributed by atoms with Crippen LogP contribution in [0.2, 0.25) is 0 Å². The maximum absolute atomic E-state index is 13.0. The lowest BCUT2D eigenvalue weighted by Crippen LogP contribution is -2.39. The van der Waals surface area contributed by atoms with Crippen molar-refractivity contribution in [2.45, 2.75) is 32.1 Å². The van der Waals surface area contributed by atoms with Crippen molar-refractivity contribution in [2.75, 3.05) is 13.1 Å². The number of thioether (sulfide) groups is 1. The fourth-order valence-electron chi connectivity index (χ4n) is 3.20. The van der Waals surface area contributed by atoms with E-state index in [1.165, 1.54) is 18.6 Å². The number of nitrogens with zero attached hydrogens (tertiary/aromatic N) is 1. The Hall–Kier alpha value is -2.15. The normalized spacial score (nSPS) is 20.0. The minimum atomic E-state index is -0.378. The summed E-state index contributed by atoms with van der Waals surface area (Å²) in [6.45, 7) is 0.418. The second kappa shape index (κ2) is 8.49. The Morgan fingerprint density at radius 2 is 1.88 bits per heavy atom. The van der Waals surface area contributed by atoms with Crippen molar-refractivity contribution < 1.29 is 18.8 Å². The third-order valence-corrected chi connectivity index (χ3v) is 5.56. The van der Waals surface area contributed by atoms with Gasteiger partial charge < -0.3 is 5.32 Å². The van der Waals surface area contributed by atoms with Gasteiger partial charge in [-0.3, -0.25) is 19.3 Å². The number of rotatable bonds is 5. The van der Waals surface area contributed by atoms with Crippen LogP contribution in [-0.2, 0) is 9.59 Å². The molecular weight excluding hydrogens is 355 g/mol. The first-order valence-electron chi connectivity index (χ1n) is 8.83. The highest BCUT2D eigenvalue weighted by molar-refractivity contribution is 8.18. The minimum absolute atomic E-state index is 0.0125. The van der Waals surface area contributed by atoms with Crippen molar-refractivity contribution in [3.63, 3.8) is 0 Å². The number of carbonyl (C=O) groups excluding carboxylic acids is 3. The smallest absolute Gasteiger partial charge is 0.293 e. The number of imide groups is 1. The molecule has 1 saturated carbocycles. The standard InChI is InChI=1S/C19H21FN2O3S/c20-15-8-6-13(7-9-15)12-16-18(24)22(19(25)26-16)11-10-21-17(23)14-4-2-1-3-5-14/h6-9,12,14H,1-5,10-11H2,(H,21,23)/b16-12-. The molecule has 1 aliphatic heterocycles. The first-order valence-corrected chi connectivity index (χ1v) is 9.65. The average molecular weight is 376 g/mol. The van der Waals surface area contributed by atoms with Crippen LogP contribution in [0.3, 0.4) is 0 Å². The van der Waals surface area contributed by atoms with Gasteiger partial charge in [0, 0.05) is 19.0 Å². The van der Waals surface area contributed by atoms with Gasteiger partial charge in [0.05, 0.1) is 4.91 Å². The van der Waals surface area contributed by atoms with Gasteiger partial charge >= 0.3 is 0 Å². The number of amides is 3. The van der Waals surface area contributed by atoms with E-state index in [2.05, 4.69) is 5.32 Å². The molecule has 7 heteroatoms. The molecule has 0 spiro atoms. The molecule has 0 atom stereocenters. The third-order valence-electron chi connectivity index (χ3n) is 4.65. The molecule has 0 radical (unpaired) electrons. The highest BCUT2D eigenvalue weighted by Gasteiger charge is 2.34. The highest BCUT2D eigenvalue weighted by Crippen LogP contribution is 2.32. The van der Waals surface area contributed by atoms with Crippen molar-refractivity contribution in [3.8, 4) is 0 Å². The SMILES string of the molecule is O=C(NCCN1C(=O)S/C(=C\c2ccc(F)cc2)C1=O)C1CCCCC1. The van der Waals surface area contributed by atoms with E-state index in [0.717, 1.165) is 42.3 Å². The minimum Gasteiger partial charge on any atom is -0.354 e. The van der Waals surface area contributed by atoms with Crippen LogP contribution in [0, 0.1) is 11.7 Å². The van der Waals surface area contributed by atoms with E-state index in [1.54, 1.807) is 18.2 Å². The molecule has 1 aliphatic carbocycles. The van der Waals surface area contributed by atoms with Crippen LogP contribution in [-0.4, -0.2) is 35.0 Å². The molecule has 1 heterocycles. The first kappa shape index (κ1) is 18.6. The van der Waals surface area contributed by atoms with E-state index in [-0.39, 0.29) is 41.9 Å². The molecule has 1 aromatic rings. The number of carbonyl (C=O) groups is 3. The summed E-state index contributed by atoms with van der Waals surface area (Å²) in [6.07, 6.45) is 6.73. The van der Waals surface area contributed by atoms with Crippen LogP contribution in [0.5, 0.6) is 0 Å². The molecule has 5 nitrogen and oxygen atoms in total. The molecule has 1 saturated heterocycles. The van der Waals surface area contributed by atoms with Gasteiger partial charge in [-0.15, -0.1) is 0 Å². The van der Waals surface area contributed by atoms with Crippen LogP contribution in [0.15, 0.2) is 29.2 Å². The molecular formula is C19H21FN2O3S. The van der Waals surface area contributed by atoms with Crippen LogP contribution in [0.25, 0.3) is 6.08 Å². The summed E-state index contributed by atoms with van der Waals surface area (Å²) in [7, 11) is 0. The van der Waals surface area contributed by atoms with E-state index in [4.69, 9.17) is 0 Å². The van der Waals surface area contributed by atoms with Crippen molar-refractivity contribution in [3.05, 3.63) is 40.6 Å². The van der Waals surface area contributed by atoms with Crippen molar-refractivity contribution in [1.82, 2.24) is 10.2 Å². The molecule has 0 aromatic heterocycles. The fraction of sp³-hybridized carbons (Fsp3) is 0.421. The van der Waals surface area contributed by atoms with Gasteiger partial charge in [0.25, 0.3) is 11.1 Å². The summed E-state index contributed by atoms with van der Waals surface area (Å²) in [4.78, 5) is 38.0. The fourth-order valence-corrected chi connectivity index (χ4v) is 4.07. The van der Waals surface area contributed by atoms with Crippen molar-refractivity contribution in [2.24, 2.45) is 5.92 Å². The summed E-state index contributed by atoms with van der Waals surface area (Å²) in [5, 5.41) is 2.48. The van der Waals surface area contributed by atoms with Gasteiger partial charge in [0.1, 0.15) is 5.82 Å². The molecule has 3 rings (SSSR count). The predicted octanol–water partition coefficient (Wildman–Crippen LogP) is 3.56. The van der Waals surface area contributed by atoms with Crippen molar-refractivity contribution >= 4 is 34.9 Å². The highest BCUT2D eigenvalue weighted by atomic mass is 32.2. The van der Waals surface area contributed by atoms with Gasteiger partial charge in [-0.1, -0.05) is 31.4 Å². The number of benzene rings is 1. The summed E-state index contributed by atoms with van der Waals surface area (Å²) >= 11 is 0.860. The lowest BCUT2D eigenvalue weighted by atomic mass is 9.89. The van der Waals surface area contributed by atoms with Gasteiger partial charge in [-0.25, -0.2) is 4.39 Å². The predicted molar refractivity (Wildman–Crippen MR) is 98.7 cm³/mol. The maximum Gasteiger partial charge on any atom is 0.293 e. The van der Waals surface area contributed by atoms with Gasteiger partial charge in [0.15, 0.2) is 0 Å². The Morgan fingerprint density at radius 1 is 1.19 bits per heavy atom. The number of hydrogen-bond donors (Lipinski definition) is 1. The Labute approximate surface area is 156 Å². The Morgan fingerprint density at radius 3 is 2.58 bits per heavy atom. The molecule has 138 valence electrons. The molecule has 2 fully saturated rings. The third kappa shape index (κ3) is 4.52. The topological polar surface area (TPSA) is 66.5 Å². The average Bonchev–Trinajstić information content (AvgIpc) is 2.91. The summed E-state index contributed by atoms with van der Waals surface area (Å²) in [5.74, 6) is -0.671. The van der Waals surface area contributed by atoms with Gasteiger partial charge in [-0.05, 0) is 48.4 Å². The quantitative estimate of drug-likeness (QED) is 0.798. The zero-order valence-electron chi connectivity index (χ0n) is 14.4. The summed E-state index contributed by atoms with van der Waals surface area (Å²) < 4.78 is 13.0. The zero-order chi connectivity index (χ0) is 18.5. The van der Waals surface area contributed by atoms with Crippen LogP contribution < -0.4 is 5.32 Å². The Bertz CT molecular complexity index is 727. The monoisotopic (exact) mass is 376 g/mol. The number of nitrogens with one attached hydrogen (secondary N) is 1. The number of halogens is 1. The first-order chi connectivity index (χ1) is 12.5. The van der Waals surface area contributed by atoms with Crippen LogP contribution >= 0.6 is 11.8 Å². The molecule has 2 aliphatic rings. The summed E-state index contributed by atoms with van der Waals surface area (Å²) in [5.41, 5.74) is 0.655. The molecule has 0 unspecified atom stereocenters. The van der Waals surface area contributed by atoms with Crippen molar-refractivity contribution in [1.29, 1.82) is 0 Å². The molecule has 3 amide bonds. The van der Waals surface area contributed by atoms with E-state index in [9.17, 15) is 18.8 Å². The van der Waals surface area contributed by atoms with E-state index in [0.29, 0.717) is 10.5 Å². The number of hydrogen-bond acceptors (Lipinski definition) is 4. The lowest BCUT2D eigenvalue weighted by Gasteiger charge is -2.21. The second-order valence-corrected chi connectivity index (χ2v) is 7.50. The second-order valence-electron chi connectivity index (χ2n) is 6.51. The van der Waals surface area contributed by atoms with Gasteiger partial charge in [0.2, 0.25) is 5.91 Å². The lowest BCUT2D eigenvalue weighted by molar-refractivity contribution is -0.127. The Balaban J connectivity index is 1.53. The van der Waals surface area contributed by atoms with E-state index < -0.39 is 0 Å². The molecule has 0 bridgehead atoms. The van der Waals surface area contributed by atoms with Gasteiger partial charge in [-0.2, -0.15) is 0 Å². The van der Waals surface area contributed by atoms with Crippen LogP contribution in [0.4, 0.5) is 9.18 Å².